The van der Waals surface area contributed by atoms with Crippen molar-refractivity contribution >= 4 is 5.69 Å². The van der Waals surface area contributed by atoms with Gasteiger partial charge in [0, 0.05) is 24.3 Å². The third-order valence-electron chi connectivity index (χ3n) is 3.67. The molecule has 1 fully saturated rings. The molecule has 0 amide bonds. The molecule has 1 aliphatic rings. The summed E-state index contributed by atoms with van der Waals surface area (Å²) in [5, 5.41) is 3.60. The largest absolute Gasteiger partial charge is 0.370 e. The van der Waals surface area contributed by atoms with E-state index in [0.29, 0.717) is 0 Å². The third kappa shape index (κ3) is 2.97. The second-order valence-corrected chi connectivity index (χ2v) is 5.09. The van der Waals surface area contributed by atoms with E-state index in [1.54, 1.807) is 0 Å². The van der Waals surface area contributed by atoms with Crippen LogP contribution in [0.1, 0.15) is 26.7 Å². The van der Waals surface area contributed by atoms with Crippen molar-refractivity contribution in [2.75, 3.05) is 24.5 Å². The Balaban J connectivity index is 2.16. The highest BCUT2D eigenvalue weighted by atomic mass is 19.1. The number of benzene rings is 1. The molecule has 0 radical (unpaired) electrons. The summed E-state index contributed by atoms with van der Waals surface area (Å²) in [6, 6.07) is 6.82. The maximum atomic E-state index is 12.9. The van der Waals surface area contributed by atoms with Crippen molar-refractivity contribution in [2.45, 2.75) is 32.2 Å². The van der Waals surface area contributed by atoms with Gasteiger partial charge in [-0.3, -0.25) is 0 Å². The molecule has 1 atom stereocenters. The van der Waals surface area contributed by atoms with Gasteiger partial charge in [0.15, 0.2) is 0 Å². The molecule has 1 aromatic rings. The van der Waals surface area contributed by atoms with E-state index in [2.05, 4.69) is 24.1 Å². The molecule has 17 heavy (non-hydrogen) atoms. The SMILES string of the molecule is CCC1(C)CN(c2ccc(F)cc2)CCCN1. The van der Waals surface area contributed by atoms with Gasteiger partial charge in [-0.05, 0) is 50.6 Å². The highest BCUT2D eigenvalue weighted by Gasteiger charge is 2.27. The maximum absolute atomic E-state index is 12.9. The molecule has 0 aliphatic carbocycles. The van der Waals surface area contributed by atoms with Gasteiger partial charge in [-0.15, -0.1) is 0 Å². The van der Waals surface area contributed by atoms with Crippen LogP contribution in [-0.2, 0) is 0 Å². The predicted octanol–water partition coefficient (Wildman–Crippen LogP) is 2.79. The minimum absolute atomic E-state index is 0.158. The van der Waals surface area contributed by atoms with Crippen molar-refractivity contribution < 1.29 is 4.39 Å². The highest BCUT2D eigenvalue weighted by Crippen LogP contribution is 2.22. The molecule has 2 nitrogen and oxygen atoms in total. The molecule has 0 aromatic heterocycles. The lowest BCUT2D eigenvalue weighted by Gasteiger charge is -2.33. The van der Waals surface area contributed by atoms with Crippen molar-refractivity contribution in [3.8, 4) is 0 Å². The summed E-state index contributed by atoms with van der Waals surface area (Å²) >= 11 is 0. The molecule has 1 N–H and O–H groups in total. The summed E-state index contributed by atoms with van der Waals surface area (Å²) in [6.07, 6.45) is 2.23. The molecule has 1 aliphatic heterocycles. The standard InChI is InChI=1S/C14H21FN2/c1-3-14(2)11-17(10-4-9-16-14)13-7-5-12(15)6-8-13/h5-8,16H,3-4,9-11H2,1-2H3. The molecule has 3 heteroatoms. The zero-order chi connectivity index (χ0) is 12.3. The zero-order valence-electron chi connectivity index (χ0n) is 10.7. The smallest absolute Gasteiger partial charge is 0.123 e. The Hall–Kier alpha value is -1.09. The Labute approximate surface area is 103 Å². The first-order valence-electron chi connectivity index (χ1n) is 6.38. The average molecular weight is 236 g/mol. The van der Waals surface area contributed by atoms with Gasteiger partial charge in [0.25, 0.3) is 0 Å². The Morgan fingerprint density at radius 3 is 2.71 bits per heavy atom. The van der Waals surface area contributed by atoms with Crippen LogP contribution >= 0.6 is 0 Å². The van der Waals surface area contributed by atoms with Crippen LogP contribution in [0.3, 0.4) is 0 Å². The van der Waals surface area contributed by atoms with E-state index in [0.717, 1.165) is 38.2 Å². The minimum Gasteiger partial charge on any atom is -0.370 e. The van der Waals surface area contributed by atoms with Crippen molar-refractivity contribution in [3.05, 3.63) is 30.1 Å². The number of nitrogens with zero attached hydrogens (tertiary/aromatic N) is 1. The lowest BCUT2D eigenvalue weighted by atomic mass is 9.98. The third-order valence-corrected chi connectivity index (χ3v) is 3.67. The number of halogens is 1. The van der Waals surface area contributed by atoms with Crippen LogP contribution in [-0.4, -0.2) is 25.2 Å². The van der Waals surface area contributed by atoms with Crippen molar-refractivity contribution in [3.63, 3.8) is 0 Å². The van der Waals surface area contributed by atoms with Crippen LogP contribution in [0.2, 0.25) is 0 Å². The van der Waals surface area contributed by atoms with Crippen LogP contribution in [0.25, 0.3) is 0 Å². The number of nitrogens with one attached hydrogen (secondary N) is 1. The molecular formula is C14H21FN2. The topological polar surface area (TPSA) is 15.3 Å². The number of rotatable bonds is 2. The van der Waals surface area contributed by atoms with E-state index >= 15 is 0 Å². The number of anilines is 1. The number of hydrogen-bond acceptors (Lipinski definition) is 2. The Bertz CT molecular complexity index is 363. The van der Waals surface area contributed by atoms with Crippen LogP contribution in [0.15, 0.2) is 24.3 Å². The predicted molar refractivity (Wildman–Crippen MR) is 69.9 cm³/mol. The van der Waals surface area contributed by atoms with E-state index < -0.39 is 0 Å². The molecule has 1 saturated heterocycles. The van der Waals surface area contributed by atoms with Crippen molar-refractivity contribution in [1.82, 2.24) is 5.32 Å². The second kappa shape index (κ2) is 5.05. The Morgan fingerprint density at radius 2 is 2.06 bits per heavy atom. The molecule has 94 valence electrons. The Kier molecular flexibility index (Phi) is 3.67. The summed E-state index contributed by atoms with van der Waals surface area (Å²) < 4.78 is 12.9. The zero-order valence-corrected chi connectivity index (χ0v) is 10.7. The van der Waals surface area contributed by atoms with Gasteiger partial charge in [0.05, 0.1) is 0 Å². The molecule has 0 bridgehead atoms. The molecule has 1 aromatic carbocycles. The summed E-state index contributed by atoms with van der Waals surface area (Å²) in [5.74, 6) is -0.167. The van der Waals surface area contributed by atoms with E-state index in [4.69, 9.17) is 0 Å². The van der Waals surface area contributed by atoms with Crippen molar-refractivity contribution in [2.24, 2.45) is 0 Å². The van der Waals surface area contributed by atoms with Gasteiger partial charge in [0.2, 0.25) is 0 Å². The van der Waals surface area contributed by atoms with Gasteiger partial charge >= 0.3 is 0 Å². The minimum atomic E-state index is -0.167. The van der Waals surface area contributed by atoms with E-state index in [9.17, 15) is 4.39 Å². The van der Waals surface area contributed by atoms with Gasteiger partial charge in [-0.25, -0.2) is 4.39 Å². The lowest BCUT2D eigenvalue weighted by Crippen LogP contribution is -2.48. The molecule has 2 rings (SSSR count). The normalized spacial score (nSPS) is 25.7. The summed E-state index contributed by atoms with van der Waals surface area (Å²) in [6.45, 7) is 7.54. The number of hydrogen-bond donors (Lipinski definition) is 1. The molecule has 1 unspecified atom stereocenters. The monoisotopic (exact) mass is 236 g/mol. The quantitative estimate of drug-likeness (QED) is 0.849. The van der Waals surface area contributed by atoms with E-state index in [-0.39, 0.29) is 11.4 Å². The average Bonchev–Trinajstić information content (AvgIpc) is 2.53. The fourth-order valence-electron chi connectivity index (χ4n) is 2.33. The molecule has 1 heterocycles. The van der Waals surface area contributed by atoms with Gasteiger partial charge in [-0.2, -0.15) is 0 Å². The van der Waals surface area contributed by atoms with Crippen LogP contribution in [0, 0.1) is 5.82 Å². The molecule has 0 spiro atoms. The fraction of sp³-hybridized carbons (Fsp3) is 0.571. The second-order valence-electron chi connectivity index (χ2n) is 5.09. The maximum Gasteiger partial charge on any atom is 0.123 e. The fourth-order valence-corrected chi connectivity index (χ4v) is 2.33. The van der Waals surface area contributed by atoms with E-state index in [1.807, 2.05) is 12.1 Å². The summed E-state index contributed by atoms with van der Waals surface area (Å²) in [7, 11) is 0. The first-order valence-corrected chi connectivity index (χ1v) is 6.38. The summed E-state index contributed by atoms with van der Waals surface area (Å²) in [4.78, 5) is 2.35. The van der Waals surface area contributed by atoms with Crippen LogP contribution in [0.4, 0.5) is 10.1 Å². The van der Waals surface area contributed by atoms with E-state index in [1.165, 1.54) is 12.1 Å². The van der Waals surface area contributed by atoms with Crippen molar-refractivity contribution in [1.29, 1.82) is 0 Å². The van der Waals surface area contributed by atoms with Crippen LogP contribution < -0.4 is 10.2 Å². The summed E-state index contributed by atoms with van der Waals surface area (Å²) in [5.41, 5.74) is 1.28. The van der Waals surface area contributed by atoms with Gasteiger partial charge in [0.1, 0.15) is 5.82 Å². The van der Waals surface area contributed by atoms with Crippen LogP contribution in [0.5, 0.6) is 0 Å². The Morgan fingerprint density at radius 1 is 1.35 bits per heavy atom. The molecular weight excluding hydrogens is 215 g/mol. The first kappa shape index (κ1) is 12.4. The first-order chi connectivity index (χ1) is 8.13. The lowest BCUT2D eigenvalue weighted by molar-refractivity contribution is 0.366. The van der Waals surface area contributed by atoms with Gasteiger partial charge < -0.3 is 10.2 Å². The van der Waals surface area contributed by atoms with Gasteiger partial charge in [-0.1, -0.05) is 6.92 Å². The molecule has 0 saturated carbocycles. The highest BCUT2D eigenvalue weighted by molar-refractivity contribution is 5.47.